The van der Waals surface area contributed by atoms with Crippen LogP contribution in [0.5, 0.6) is 0 Å². The van der Waals surface area contributed by atoms with Gasteiger partial charge in [-0.3, -0.25) is 19.4 Å². The lowest BCUT2D eigenvalue weighted by Crippen LogP contribution is -2.29. The third-order valence-corrected chi connectivity index (χ3v) is 5.76. The largest absolute Gasteiger partial charge is 0.300 e. The summed E-state index contributed by atoms with van der Waals surface area (Å²) >= 11 is 0. The van der Waals surface area contributed by atoms with E-state index in [1.54, 1.807) is 24.3 Å². The third-order valence-electron chi connectivity index (χ3n) is 5.76. The molecule has 1 aliphatic heterocycles. The van der Waals surface area contributed by atoms with Crippen LogP contribution >= 0.6 is 0 Å². The zero-order valence-electron chi connectivity index (χ0n) is 17.5. The third kappa shape index (κ3) is 3.91. The molecule has 2 amide bonds. The molecule has 1 aliphatic rings. The van der Waals surface area contributed by atoms with E-state index in [9.17, 15) is 9.59 Å². The second-order valence-electron chi connectivity index (χ2n) is 7.60. The van der Waals surface area contributed by atoms with Gasteiger partial charge in [0.2, 0.25) is 0 Å². The molecule has 0 unspecified atom stereocenters. The standard InChI is InChI=1S/C26H26N2O2/c1-3-27(4-2)17-19-9-13-21(14-10-19)22-15-11-20(12-16-22)18-28-25(29)23-7-5-6-8-24(23)26(28)30/h5-16H,3-4,17-18H2,1-2H3. The highest BCUT2D eigenvalue weighted by molar-refractivity contribution is 6.21. The highest BCUT2D eigenvalue weighted by Crippen LogP contribution is 2.26. The number of hydrogen-bond acceptors (Lipinski definition) is 3. The molecule has 0 saturated carbocycles. The van der Waals surface area contributed by atoms with Crippen LogP contribution in [0, 0.1) is 0 Å². The summed E-state index contributed by atoms with van der Waals surface area (Å²) in [6.07, 6.45) is 0. The summed E-state index contributed by atoms with van der Waals surface area (Å²) < 4.78 is 0. The van der Waals surface area contributed by atoms with Gasteiger partial charge in [-0.2, -0.15) is 0 Å². The Bertz CT molecular complexity index is 1020. The molecule has 0 N–H and O–H groups in total. The fourth-order valence-electron chi connectivity index (χ4n) is 3.88. The predicted molar refractivity (Wildman–Crippen MR) is 119 cm³/mol. The van der Waals surface area contributed by atoms with Crippen LogP contribution < -0.4 is 0 Å². The lowest BCUT2D eigenvalue weighted by Gasteiger charge is -2.18. The normalized spacial score (nSPS) is 13.2. The number of benzene rings is 3. The predicted octanol–water partition coefficient (Wildman–Crippen LogP) is 4.99. The Morgan fingerprint density at radius 1 is 0.667 bits per heavy atom. The van der Waals surface area contributed by atoms with Crippen LogP contribution in [-0.4, -0.2) is 34.7 Å². The minimum atomic E-state index is -0.219. The van der Waals surface area contributed by atoms with Crippen LogP contribution in [0.2, 0.25) is 0 Å². The molecule has 0 spiro atoms. The van der Waals surface area contributed by atoms with Gasteiger partial charge < -0.3 is 0 Å². The molecule has 30 heavy (non-hydrogen) atoms. The van der Waals surface area contributed by atoms with Gasteiger partial charge in [-0.15, -0.1) is 0 Å². The molecule has 0 bridgehead atoms. The van der Waals surface area contributed by atoms with Crippen molar-refractivity contribution in [2.75, 3.05) is 13.1 Å². The fourth-order valence-corrected chi connectivity index (χ4v) is 3.88. The number of amides is 2. The van der Waals surface area contributed by atoms with E-state index in [1.807, 2.05) is 24.3 Å². The van der Waals surface area contributed by atoms with Gasteiger partial charge in [0.15, 0.2) is 0 Å². The molecule has 0 fully saturated rings. The van der Waals surface area contributed by atoms with Gasteiger partial charge in [0, 0.05) is 6.54 Å². The van der Waals surface area contributed by atoms with E-state index in [0.29, 0.717) is 11.1 Å². The van der Waals surface area contributed by atoms with Gasteiger partial charge >= 0.3 is 0 Å². The summed E-state index contributed by atoms with van der Waals surface area (Å²) in [6.45, 7) is 7.71. The summed E-state index contributed by atoms with van der Waals surface area (Å²) in [5.74, 6) is -0.438. The number of carbonyl (C=O) groups excluding carboxylic acids is 2. The number of imide groups is 1. The van der Waals surface area contributed by atoms with Crippen molar-refractivity contribution in [1.82, 2.24) is 9.80 Å². The Hall–Kier alpha value is -3.24. The Kier molecular flexibility index (Phi) is 5.77. The fraction of sp³-hybridized carbons (Fsp3) is 0.231. The van der Waals surface area contributed by atoms with Gasteiger partial charge in [0.05, 0.1) is 17.7 Å². The first kappa shape index (κ1) is 20.0. The number of nitrogens with zero attached hydrogens (tertiary/aromatic N) is 2. The highest BCUT2D eigenvalue weighted by atomic mass is 16.2. The number of hydrogen-bond donors (Lipinski definition) is 0. The van der Waals surface area contributed by atoms with Crippen LogP contribution in [0.25, 0.3) is 11.1 Å². The van der Waals surface area contributed by atoms with Gasteiger partial charge in [0.1, 0.15) is 0 Å². The Morgan fingerprint density at radius 3 is 1.60 bits per heavy atom. The molecule has 0 aromatic heterocycles. The van der Waals surface area contributed by atoms with E-state index >= 15 is 0 Å². The maximum Gasteiger partial charge on any atom is 0.261 e. The lowest BCUT2D eigenvalue weighted by molar-refractivity contribution is 0.0642. The Labute approximate surface area is 177 Å². The average molecular weight is 399 g/mol. The van der Waals surface area contributed by atoms with E-state index in [1.165, 1.54) is 10.5 Å². The quantitative estimate of drug-likeness (QED) is 0.526. The SMILES string of the molecule is CCN(CC)Cc1ccc(-c2ccc(CN3C(=O)c4ccccc4C3=O)cc2)cc1. The van der Waals surface area contributed by atoms with Gasteiger partial charge in [-0.1, -0.05) is 74.5 Å². The van der Waals surface area contributed by atoms with Crippen molar-refractivity contribution in [3.63, 3.8) is 0 Å². The van der Waals surface area contributed by atoms with Crippen molar-refractivity contribution < 1.29 is 9.59 Å². The second kappa shape index (κ2) is 8.64. The number of carbonyl (C=O) groups is 2. The van der Waals surface area contributed by atoms with Crippen molar-refractivity contribution in [1.29, 1.82) is 0 Å². The Balaban J connectivity index is 1.45. The van der Waals surface area contributed by atoms with E-state index in [4.69, 9.17) is 0 Å². The molecule has 0 aliphatic carbocycles. The molecule has 4 nitrogen and oxygen atoms in total. The molecule has 0 saturated heterocycles. The zero-order chi connectivity index (χ0) is 21.1. The van der Waals surface area contributed by atoms with Crippen molar-refractivity contribution in [2.24, 2.45) is 0 Å². The van der Waals surface area contributed by atoms with Crippen molar-refractivity contribution in [3.05, 3.63) is 95.1 Å². The molecule has 4 heteroatoms. The number of rotatable bonds is 7. The van der Waals surface area contributed by atoms with Crippen LogP contribution in [-0.2, 0) is 13.1 Å². The van der Waals surface area contributed by atoms with E-state index < -0.39 is 0 Å². The van der Waals surface area contributed by atoms with Gasteiger partial charge in [-0.25, -0.2) is 0 Å². The first-order valence-electron chi connectivity index (χ1n) is 10.5. The monoisotopic (exact) mass is 398 g/mol. The second-order valence-corrected chi connectivity index (χ2v) is 7.60. The molecular formula is C26H26N2O2. The maximum absolute atomic E-state index is 12.6. The van der Waals surface area contributed by atoms with Crippen LogP contribution in [0.3, 0.4) is 0 Å². The molecule has 3 aromatic rings. The zero-order valence-corrected chi connectivity index (χ0v) is 17.5. The van der Waals surface area contributed by atoms with E-state index in [2.05, 4.69) is 43.0 Å². The summed E-state index contributed by atoms with van der Waals surface area (Å²) in [7, 11) is 0. The van der Waals surface area contributed by atoms with Gasteiger partial charge in [0.25, 0.3) is 11.8 Å². The van der Waals surface area contributed by atoms with Crippen LogP contribution in [0.4, 0.5) is 0 Å². The summed E-state index contributed by atoms with van der Waals surface area (Å²) in [5, 5.41) is 0. The molecule has 0 radical (unpaired) electrons. The minimum Gasteiger partial charge on any atom is -0.300 e. The summed E-state index contributed by atoms with van der Waals surface area (Å²) in [6, 6.07) is 23.7. The first-order chi connectivity index (χ1) is 14.6. The van der Waals surface area contributed by atoms with Crippen molar-refractivity contribution >= 4 is 11.8 Å². The minimum absolute atomic E-state index is 0.219. The molecule has 0 atom stereocenters. The molecule has 152 valence electrons. The lowest BCUT2D eigenvalue weighted by atomic mass is 10.0. The summed E-state index contributed by atoms with van der Waals surface area (Å²) in [4.78, 5) is 28.8. The van der Waals surface area contributed by atoms with Crippen molar-refractivity contribution in [3.8, 4) is 11.1 Å². The molecule has 1 heterocycles. The molecule has 4 rings (SSSR count). The highest BCUT2D eigenvalue weighted by Gasteiger charge is 2.34. The van der Waals surface area contributed by atoms with Crippen LogP contribution in [0.15, 0.2) is 72.8 Å². The molecule has 3 aromatic carbocycles. The maximum atomic E-state index is 12.6. The molecular weight excluding hydrogens is 372 g/mol. The smallest absolute Gasteiger partial charge is 0.261 e. The first-order valence-corrected chi connectivity index (χ1v) is 10.5. The number of fused-ring (bicyclic) bond motifs is 1. The van der Waals surface area contributed by atoms with E-state index in [-0.39, 0.29) is 18.4 Å². The van der Waals surface area contributed by atoms with Crippen molar-refractivity contribution in [2.45, 2.75) is 26.9 Å². The Morgan fingerprint density at radius 2 is 1.13 bits per heavy atom. The summed E-state index contributed by atoms with van der Waals surface area (Å²) in [5.41, 5.74) is 5.50. The van der Waals surface area contributed by atoms with Gasteiger partial charge in [-0.05, 0) is 47.5 Å². The topological polar surface area (TPSA) is 40.6 Å². The van der Waals surface area contributed by atoms with Crippen LogP contribution in [0.1, 0.15) is 45.7 Å². The average Bonchev–Trinajstić information content (AvgIpc) is 3.03. The van der Waals surface area contributed by atoms with E-state index in [0.717, 1.165) is 36.3 Å².